The lowest BCUT2D eigenvalue weighted by Crippen LogP contribution is -2.36. The summed E-state index contributed by atoms with van der Waals surface area (Å²) in [5, 5.41) is 3.12. The minimum Gasteiger partial charge on any atom is -0.380 e. The number of nitrogens with zero attached hydrogens (tertiary/aromatic N) is 5. The molecule has 1 fully saturated rings. The first-order chi connectivity index (χ1) is 12.1. The summed E-state index contributed by atoms with van der Waals surface area (Å²) in [4.78, 5) is 18.7. The average molecular weight is 346 g/mol. The Bertz CT molecular complexity index is 728. The van der Waals surface area contributed by atoms with Crippen molar-refractivity contribution in [3.05, 3.63) is 35.9 Å². The number of hydrogen-bond donors (Lipinski definition) is 1. The summed E-state index contributed by atoms with van der Waals surface area (Å²) in [6.45, 7) is 5.09. The summed E-state index contributed by atoms with van der Waals surface area (Å²) < 4.78 is 19.8. The van der Waals surface area contributed by atoms with E-state index in [4.69, 9.17) is 4.74 Å². The van der Waals surface area contributed by atoms with Crippen LogP contribution in [0.25, 0.3) is 0 Å². The van der Waals surface area contributed by atoms with E-state index in [0.717, 1.165) is 24.5 Å². The number of aromatic nitrogens is 4. The fourth-order valence-corrected chi connectivity index (χ4v) is 3.11. The van der Waals surface area contributed by atoms with Gasteiger partial charge in [0.25, 0.3) is 0 Å². The van der Waals surface area contributed by atoms with Crippen molar-refractivity contribution in [3.8, 4) is 0 Å². The Morgan fingerprint density at radius 2 is 2.08 bits per heavy atom. The van der Waals surface area contributed by atoms with Gasteiger partial charge < -0.3 is 15.0 Å². The maximum Gasteiger partial charge on any atom is 0.186 e. The van der Waals surface area contributed by atoms with Crippen molar-refractivity contribution >= 4 is 11.6 Å². The van der Waals surface area contributed by atoms with Crippen LogP contribution in [0.4, 0.5) is 16.0 Å². The average Bonchev–Trinajstić information content (AvgIpc) is 3.04. The normalized spacial score (nSPS) is 20.1. The van der Waals surface area contributed by atoms with E-state index in [-0.39, 0.29) is 23.8 Å². The van der Waals surface area contributed by atoms with Gasteiger partial charge in [-0.2, -0.15) is 0 Å². The van der Waals surface area contributed by atoms with E-state index < -0.39 is 0 Å². The monoisotopic (exact) mass is 346 g/mol. The molecule has 2 aromatic heterocycles. The fraction of sp³-hybridized carbons (Fsp3) is 0.529. The second-order valence-corrected chi connectivity index (χ2v) is 6.13. The largest absolute Gasteiger partial charge is 0.380 e. The summed E-state index contributed by atoms with van der Waals surface area (Å²) in [6.07, 6.45) is 4.43. The number of rotatable bonds is 6. The van der Waals surface area contributed by atoms with E-state index >= 15 is 0 Å². The molecule has 0 amide bonds. The van der Waals surface area contributed by atoms with E-state index in [1.807, 2.05) is 19.9 Å². The number of anilines is 2. The molecule has 1 aliphatic rings. The van der Waals surface area contributed by atoms with Crippen LogP contribution < -0.4 is 10.2 Å². The maximum atomic E-state index is 14.3. The first kappa shape index (κ1) is 17.5. The Hall–Kier alpha value is -2.35. The highest BCUT2D eigenvalue weighted by Crippen LogP contribution is 2.26. The highest BCUT2D eigenvalue weighted by atomic mass is 19.1. The molecule has 8 heteroatoms. The molecule has 0 bridgehead atoms. The van der Waals surface area contributed by atoms with Gasteiger partial charge in [-0.3, -0.25) is 0 Å². The SMILES string of the molecule is CCc1ncnc(NC[C@@H]2C[C@H](OC)CN2c2cc(C)ncn2)c1F. The summed E-state index contributed by atoms with van der Waals surface area (Å²) in [5.41, 5.74) is 1.33. The summed E-state index contributed by atoms with van der Waals surface area (Å²) in [6, 6.07) is 2.07. The van der Waals surface area contributed by atoms with Gasteiger partial charge in [0.1, 0.15) is 18.5 Å². The molecule has 1 aliphatic heterocycles. The van der Waals surface area contributed by atoms with Gasteiger partial charge in [0.05, 0.1) is 17.8 Å². The minimum atomic E-state index is -0.379. The van der Waals surface area contributed by atoms with Crippen molar-refractivity contribution < 1.29 is 9.13 Å². The lowest BCUT2D eigenvalue weighted by Gasteiger charge is -2.26. The number of nitrogens with one attached hydrogen (secondary N) is 1. The molecule has 0 aliphatic carbocycles. The van der Waals surface area contributed by atoms with Gasteiger partial charge in [-0.25, -0.2) is 24.3 Å². The van der Waals surface area contributed by atoms with Crippen molar-refractivity contribution in [1.82, 2.24) is 19.9 Å². The number of aryl methyl sites for hydroxylation is 2. The number of halogens is 1. The summed E-state index contributed by atoms with van der Waals surface area (Å²) >= 11 is 0. The third-order valence-electron chi connectivity index (χ3n) is 4.49. The molecule has 134 valence electrons. The molecular formula is C17H23FN6O. The topological polar surface area (TPSA) is 76.1 Å². The van der Waals surface area contributed by atoms with Gasteiger partial charge in [0.2, 0.25) is 0 Å². The molecule has 0 aromatic carbocycles. The van der Waals surface area contributed by atoms with Crippen LogP contribution in [0.2, 0.25) is 0 Å². The van der Waals surface area contributed by atoms with Crippen molar-refractivity contribution in [2.75, 3.05) is 30.4 Å². The zero-order valence-electron chi connectivity index (χ0n) is 14.7. The van der Waals surface area contributed by atoms with E-state index in [0.29, 0.717) is 18.7 Å². The molecule has 1 N–H and O–H groups in total. The molecule has 2 atom stereocenters. The zero-order chi connectivity index (χ0) is 17.8. The summed E-state index contributed by atoms with van der Waals surface area (Å²) in [5.74, 6) is 0.721. The predicted octanol–water partition coefficient (Wildman–Crippen LogP) is 1.98. The van der Waals surface area contributed by atoms with Crippen LogP contribution >= 0.6 is 0 Å². The Labute approximate surface area is 146 Å². The molecule has 3 rings (SSSR count). The molecular weight excluding hydrogens is 323 g/mol. The molecule has 0 radical (unpaired) electrons. The molecule has 3 heterocycles. The maximum absolute atomic E-state index is 14.3. The van der Waals surface area contributed by atoms with Gasteiger partial charge in [-0.05, 0) is 19.8 Å². The second-order valence-electron chi connectivity index (χ2n) is 6.13. The second kappa shape index (κ2) is 7.69. The first-order valence-corrected chi connectivity index (χ1v) is 8.43. The highest BCUT2D eigenvalue weighted by Gasteiger charge is 2.33. The van der Waals surface area contributed by atoms with Crippen molar-refractivity contribution in [2.24, 2.45) is 0 Å². The molecule has 0 unspecified atom stereocenters. The lowest BCUT2D eigenvalue weighted by atomic mass is 10.2. The van der Waals surface area contributed by atoms with Crippen LogP contribution in [0.15, 0.2) is 18.7 Å². The molecule has 0 spiro atoms. The molecule has 25 heavy (non-hydrogen) atoms. The Morgan fingerprint density at radius 3 is 2.80 bits per heavy atom. The predicted molar refractivity (Wildman–Crippen MR) is 93.2 cm³/mol. The van der Waals surface area contributed by atoms with Crippen molar-refractivity contribution in [3.63, 3.8) is 0 Å². The van der Waals surface area contributed by atoms with Crippen LogP contribution in [0.5, 0.6) is 0 Å². The van der Waals surface area contributed by atoms with Crippen LogP contribution in [-0.4, -0.2) is 52.3 Å². The van der Waals surface area contributed by atoms with E-state index in [1.165, 1.54) is 6.33 Å². The highest BCUT2D eigenvalue weighted by molar-refractivity contribution is 5.44. The van der Waals surface area contributed by atoms with Gasteiger partial charge in [-0.1, -0.05) is 6.92 Å². The van der Waals surface area contributed by atoms with Crippen LogP contribution in [0.3, 0.4) is 0 Å². The van der Waals surface area contributed by atoms with Gasteiger partial charge in [-0.15, -0.1) is 0 Å². The van der Waals surface area contributed by atoms with Gasteiger partial charge in [0, 0.05) is 32.0 Å². The van der Waals surface area contributed by atoms with Crippen LogP contribution in [-0.2, 0) is 11.2 Å². The number of ether oxygens (including phenoxy) is 1. The van der Waals surface area contributed by atoms with E-state index in [9.17, 15) is 4.39 Å². The third kappa shape index (κ3) is 3.84. The zero-order valence-corrected chi connectivity index (χ0v) is 14.7. The molecule has 2 aromatic rings. The van der Waals surface area contributed by atoms with Crippen molar-refractivity contribution in [1.29, 1.82) is 0 Å². The third-order valence-corrected chi connectivity index (χ3v) is 4.49. The van der Waals surface area contributed by atoms with E-state index in [1.54, 1.807) is 13.4 Å². The smallest absolute Gasteiger partial charge is 0.186 e. The molecule has 1 saturated heterocycles. The number of methoxy groups -OCH3 is 1. The Kier molecular flexibility index (Phi) is 5.37. The Morgan fingerprint density at radius 1 is 1.28 bits per heavy atom. The lowest BCUT2D eigenvalue weighted by molar-refractivity contribution is 0.118. The number of hydrogen-bond acceptors (Lipinski definition) is 7. The quantitative estimate of drug-likeness (QED) is 0.857. The van der Waals surface area contributed by atoms with Crippen LogP contribution in [0, 0.1) is 12.7 Å². The minimum absolute atomic E-state index is 0.114. The Balaban J connectivity index is 1.75. The molecule has 0 saturated carbocycles. The van der Waals surface area contributed by atoms with Crippen molar-refractivity contribution in [2.45, 2.75) is 38.8 Å². The van der Waals surface area contributed by atoms with Gasteiger partial charge in [0.15, 0.2) is 11.6 Å². The molecule has 7 nitrogen and oxygen atoms in total. The van der Waals surface area contributed by atoms with E-state index in [2.05, 4.69) is 30.2 Å². The fourth-order valence-electron chi connectivity index (χ4n) is 3.11. The first-order valence-electron chi connectivity index (χ1n) is 8.43. The van der Waals surface area contributed by atoms with Crippen LogP contribution in [0.1, 0.15) is 24.7 Å². The van der Waals surface area contributed by atoms with Gasteiger partial charge >= 0.3 is 0 Å². The standard InChI is InChI=1S/C17H23FN6O/c1-4-14-16(18)17(23-10-21-14)19-7-12-6-13(25-3)8-24(12)15-5-11(2)20-9-22-15/h5,9-10,12-13H,4,6-8H2,1-3H3,(H,19,21,23)/t12-,13-/m0/s1. The summed E-state index contributed by atoms with van der Waals surface area (Å²) in [7, 11) is 1.71.